The van der Waals surface area contributed by atoms with Gasteiger partial charge in [0.2, 0.25) is 0 Å². The number of carbonyl (C=O) groups excluding carboxylic acids is 1. The molecular weight excluding hydrogens is 324 g/mol. The lowest BCUT2D eigenvalue weighted by atomic mass is 10.1. The third kappa shape index (κ3) is 3.03. The molecule has 20 heavy (non-hydrogen) atoms. The van der Waals surface area contributed by atoms with Crippen molar-refractivity contribution in [3.63, 3.8) is 0 Å². The number of carbonyl (C=O) groups is 1. The smallest absolute Gasteiger partial charge is 0.259 e. The minimum absolute atomic E-state index is 0.142. The summed E-state index contributed by atoms with van der Waals surface area (Å²) in [7, 11) is 1.49. The van der Waals surface area contributed by atoms with Gasteiger partial charge in [0.1, 0.15) is 11.5 Å². The highest BCUT2D eigenvalue weighted by atomic mass is 79.9. The number of halogens is 1. The largest absolute Gasteiger partial charge is 0.507 e. The molecule has 0 radical (unpaired) electrons. The lowest BCUT2D eigenvalue weighted by Crippen LogP contribution is -2.12. The SMILES string of the molecule is COc1ccc(C(=O)Nc2ccc(N)c(Br)c2)c(O)c1. The molecule has 2 rings (SSSR count). The van der Waals surface area contributed by atoms with Crippen LogP contribution in [-0.2, 0) is 0 Å². The molecule has 0 heterocycles. The maximum atomic E-state index is 12.1. The Balaban J connectivity index is 2.21. The molecule has 104 valence electrons. The van der Waals surface area contributed by atoms with Gasteiger partial charge in [-0.15, -0.1) is 0 Å². The summed E-state index contributed by atoms with van der Waals surface area (Å²) in [5.74, 6) is -0.0764. The molecule has 0 atom stereocenters. The number of nitrogen functional groups attached to an aromatic ring is 1. The highest BCUT2D eigenvalue weighted by Gasteiger charge is 2.12. The van der Waals surface area contributed by atoms with E-state index in [4.69, 9.17) is 10.5 Å². The Morgan fingerprint density at radius 2 is 2.05 bits per heavy atom. The lowest BCUT2D eigenvalue weighted by Gasteiger charge is -2.09. The third-order valence-electron chi connectivity index (χ3n) is 2.71. The third-order valence-corrected chi connectivity index (χ3v) is 3.39. The average molecular weight is 337 g/mol. The number of phenols is 1. The first kappa shape index (κ1) is 14.2. The van der Waals surface area contributed by atoms with E-state index >= 15 is 0 Å². The van der Waals surface area contributed by atoms with Gasteiger partial charge < -0.3 is 20.9 Å². The van der Waals surface area contributed by atoms with Crippen LogP contribution in [0.25, 0.3) is 0 Å². The van der Waals surface area contributed by atoms with Gasteiger partial charge in [-0.3, -0.25) is 4.79 Å². The summed E-state index contributed by atoms with van der Waals surface area (Å²) in [5, 5.41) is 12.5. The number of nitrogens with two attached hydrogens (primary N) is 1. The molecule has 1 amide bonds. The van der Waals surface area contributed by atoms with Crippen molar-refractivity contribution in [3.05, 3.63) is 46.4 Å². The van der Waals surface area contributed by atoms with Gasteiger partial charge in [0.25, 0.3) is 5.91 Å². The quantitative estimate of drug-likeness (QED) is 0.752. The van der Waals surface area contributed by atoms with E-state index in [0.717, 1.165) is 0 Å². The fourth-order valence-electron chi connectivity index (χ4n) is 1.63. The molecule has 0 spiro atoms. The van der Waals surface area contributed by atoms with Crippen molar-refractivity contribution < 1.29 is 14.6 Å². The second-order valence-corrected chi connectivity index (χ2v) is 4.93. The van der Waals surface area contributed by atoms with E-state index in [-0.39, 0.29) is 11.3 Å². The fourth-order valence-corrected chi connectivity index (χ4v) is 2.01. The van der Waals surface area contributed by atoms with E-state index in [1.165, 1.54) is 19.2 Å². The summed E-state index contributed by atoms with van der Waals surface area (Å²) in [6, 6.07) is 9.52. The zero-order valence-corrected chi connectivity index (χ0v) is 12.3. The van der Waals surface area contributed by atoms with Crippen LogP contribution in [0.4, 0.5) is 11.4 Å². The Kier molecular flexibility index (Phi) is 4.14. The molecule has 4 N–H and O–H groups in total. The summed E-state index contributed by atoms with van der Waals surface area (Å²) in [6.45, 7) is 0. The average Bonchev–Trinajstić information content (AvgIpc) is 2.42. The molecule has 0 aliphatic carbocycles. The van der Waals surface area contributed by atoms with Crippen molar-refractivity contribution >= 4 is 33.2 Å². The predicted molar refractivity (Wildman–Crippen MR) is 81.2 cm³/mol. The predicted octanol–water partition coefficient (Wildman–Crippen LogP) is 3.00. The van der Waals surface area contributed by atoms with E-state index in [1.807, 2.05) is 0 Å². The first-order valence-corrected chi connectivity index (χ1v) is 6.54. The Labute approximate surface area is 124 Å². The fraction of sp³-hybridized carbons (Fsp3) is 0.0714. The molecule has 2 aromatic carbocycles. The van der Waals surface area contributed by atoms with Crippen molar-refractivity contribution in [1.29, 1.82) is 0 Å². The second-order valence-electron chi connectivity index (χ2n) is 4.07. The maximum Gasteiger partial charge on any atom is 0.259 e. The van der Waals surface area contributed by atoms with Crippen molar-refractivity contribution in [3.8, 4) is 11.5 Å². The van der Waals surface area contributed by atoms with Gasteiger partial charge in [-0.25, -0.2) is 0 Å². The molecular formula is C14H13BrN2O3. The number of anilines is 2. The molecule has 0 aromatic heterocycles. The number of rotatable bonds is 3. The highest BCUT2D eigenvalue weighted by molar-refractivity contribution is 9.10. The number of amides is 1. The van der Waals surface area contributed by atoms with Crippen molar-refractivity contribution in [2.75, 3.05) is 18.2 Å². The van der Waals surface area contributed by atoms with E-state index in [0.29, 0.717) is 21.6 Å². The first-order chi connectivity index (χ1) is 9.51. The van der Waals surface area contributed by atoms with Crippen LogP contribution in [0.1, 0.15) is 10.4 Å². The summed E-state index contributed by atoms with van der Waals surface area (Å²) in [5.41, 5.74) is 6.99. The molecule has 0 unspecified atom stereocenters. The van der Waals surface area contributed by atoms with Crippen LogP contribution in [0.15, 0.2) is 40.9 Å². The monoisotopic (exact) mass is 336 g/mol. The number of hydrogen-bond acceptors (Lipinski definition) is 4. The minimum Gasteiger partial charge on any atom is -0.507 e. The first-order valence-electron chi connectivity index (χ1n) is 5.74. The number of nitrogens with one attached hydrogen (secondary N) is 1. The molecule has 2 aromatic rings. The van der Waals surface area contributed by atoms with E-state index < -0.39 is 5.91 Å². The molecule has 0 aliphatic rings. The summed E-state index contributed by atoms with van der Waals surface area (Å²) < 4.78 is 5.65. The molecule has 6 heteroatoms. The molecule has 0 saturated carbocycles. The summed E-state index contributed by atoms with van der Waals surface area (Å²) in [4.78, 5) is 12.1. The number of aromatic hydroxyl groups is 1. The van der Waals surface area contributed by atoms with Gasteiger partial charge in [0.05, 0.1) is 12.7 Å². The topological polar surface area (TPSA) is 84.6 Å². The summed E-state index contributed by atoms with van der Waals surface area (Å²) in [6.07, 6.45) is 0. The molecule has 0 bridgehead atoms. The van der Waals surface area contributed by atoms with Crippen LogP contribution in [0.2, 0.25) is 0 Å². The zero-order valence-electron chi connectivity index (χ0n) is 10.7. The van der Waals surface area contributed by atoms with Crippen LogP contribution in [-0.4, -0.2) is 18.1 Å². The van der Waals surface area contributed by atoms with Gasteiger partial charge >= 0.3 is 0 Å². The number of phenolic OH excluding ortho intramolecular Hbond substituents is 1. The van der Waals surface area contributed by atoms with E-state index in [1.54, 1.807) is 24.3 Å². The van der Waals surface area contributed by atoms with E-state index in [2.05, 4.69) is 21.2 Å². The van der Waals surface area contributed by atoms with Gasteiger partial charge in [0, 0.05) is 21.9 Å². The number of methoxy groups -OCH3 is 1. The highest BCUT2D eigenvalue weighted by Crippen LogP contribution is 2.26. The number of hydrogen-bond donors (Lipinski definition) is 3. The summed E-state index contributed by atoms with van der Waals surface area (Å²) >= 11 is 3.28. The van der Waals surface area contributed by atoms with Gasteiger partial charge in [-0.1, -0.05) is 0 Å². The van der Waals surface area contributed by atoms with Gasteiger partial charge in [-0.2, -0.15) is 0 Å². The Morgan fingerprint density at radius 1 is 1.30 bits per heavy atom. The van der Waals surface area contributed by atoms with Crippen LogP contribution in [0.3, 0.4) is 0 Å². The van der Waals surface area contributed by atoms with Crippen LogP contribution < -0.4 is 15.8 Å². The Bertz CT molecular complexity index is 659. The second kappa shape index (κ2) is 5.83. The maximum absolute atomic E-state index is 12.1. The number of benzene rings is 2. The Morgan fingerprint density at radius 3 is 2.65 bits per heavy atom. The minimum atomic E-state index is -0.415. The molecule has 0 aliphatic heterocycles. The van der Waals surface area contributed by atoms with Gasteiger partial charge in [-0.05, 0) is 46.3 Å². The lowest BCUT2D eigenvalue weighted by molar-refractivity contribution is 0.102. The molecule has 5 nitrogen and oxygen atoms in total. The van der Waals surface area contributed by atoms with E-state index in [9.17, 15) is 9.90 Å². The molecule has 0 fully saturated rings. The normalized spacial score (nSPS) is 10.1. The zero-order chi connectivity index (χ0) is 14.7. The molecule has 0 saturated heterocycles. The van der Waals surface area contributed by atoms with Crippen molar-refractivity contribution in [1.82, 2.24) is 0 Å². The standard InChI is InChI=1S/C14H13BrN2O3/c1-20-9-3-4-10(13(18)7-9)14(19)17-8-2-5-12(16)11(15)6-8/h2-7,18H,16H2,1H3,(H,17,19). The van der Waals surface area contributed by atoms with Crippen LogP contribution >= 0.6 is 15.9 Å². The van der Waals surface area contributed by atoms with Gasteiger partial charge in [0.15, 0.2) is 0 Å². The van der Waals surface area contributed by atoms with Crippen LogP contribution in [0, 0.1) is 0 Å². The Hall–Kier alpha value is -2.21. The van der Waals surface area contributed by atoms with Crippen molar-refractivity contribution in [2.45, 2.75) is 0 Å². The van der Waals surface area contributed by atoms with Crippen LogP contribution in [0.5, 0.6) is 11.5 Å². The number of ether oxygens (including phenoxy) is 1. The van der Waals surface area contributed by atoms with Crippen molar-refractivity contribution in [2.24, 2.45) is 0 Å².